The van der Waals surface area contributed by atoms with Crippen molar-refractivity contribution in [2.75, 3.05) is 30.9 Å². The molecule has 0 saturated heterocycles. The highest BCUT2D eigenvalue weighted by Gasteiger charge is 2.09. The number of hydrogen-bond donors (Lipinski definition) is 1. The second-order valence-corrected chi connectivity index (χ2v) is 6.04. The second-order valence-electron chi connectivity index (χ2n) is 6.04. The summed E-state index contributed by atoms with van der Waals surface area (Å²) in [5, 5.41) is 3.25. The first-order valence-electron chi connectivity index (χ1n) is 8.51. The van der Waals surface area contributed by atoms with Crippen molar-refractivity contribution in [3.8, 4) is 5.75 Å². The lowest BCUT2D eigenvalue weighted by molar-refractivity contribution is 0.417. The number of nitrogens with zero attached hydrogens (tertiary/aromatic N) is 4. The highest BCUT2D eigenvalue weighted by atomic mass is 16.5. The van der Waals surface area contributed by atoms with Crippen LogP contribution in [0, 0.1) is 6.92 Å². The van der Waals surface area contributed by atoms with Crippen LogP contribution >= 0.6 is 0 Å². The summed E-state index contributed by atoms with van der Waals surface area (Å²) in [5.41, 5.74) is 3.00. The number of pyridine rings is 1. The van der Waals surface area contributed by atoms with Gasteiger partial charge in [0.2, 0.25) is 5.95 Å². The number of likely N-dealkylation sites (N-methyl/N-ethyl adjacent to an activating group) is 1. The number of benzene rings is 1. The van der Waals surface area contributed by atoms with Crippen LogP contribution in [0.4, 0.5) is 17.5 Å². The maximum Gasteiger partial charge on any atom is 0.229 e. The maximum absolute atomic E-state index is 5.38. The molecule has 0 atom stereocenters. The Hall–Kier alpha value is -3.15. The highest BCUT2D eigenvalue weighted by Crippen LogP contribution is 2.26. The molecule has 0 bridgehead atoms. The zero-order chi connectivity index (χ0) is 18.4. The number of hydrogen-bond acceptors (Lipinski definition) is 6. The average Bonchev–Trinajstić information content (AvgIpc) is 2.67. The quantitative estimate of drug-likeness (QED) is 0.703. The third-order valence-corrected chi connectivity index (χ3v) is 4.07. The molecule has 0 aliphatic rings. The van der Waals surface area contributed by atoms with Crippen LogP contribution in [-0.2, 0) is 6.42 Å². The molecule has 2 aromatic heterocycles. The first-order valence-corrected chi connectivity index (χ1v) is 8.51. The Morgan fingerprint density at radius 3 is 2.62 bits per heavy atom. The Balaban J connectivity index is 1.74. The number of nitrogens with one attached hydrogen (secondary N) is 1. The second kappa shape index (κ2) is 8.29. The van der Waals surface area contributed by atoms with Crippen molar-refractivity contribution < 1.29 is 4.74 Å². The first kappa shape index (κ1) is 17.7. The van der Waals surface area contributed by atoms with Gasteiger partial charge >= 0.3 is 0 Å². The molecule has 0 amide bonds. The number of rotatable bonds is 7. The van der Waals surface area contributed by atoms with Gasteiger partial charge in [0.05, 0.1) is 12.8 Å². The van der Waals surface area contributed by atoms with Crippen molar-refractivity contribution in [3.63, 3.8) is 0 Å². The highest BCUT2D eigenvalue weighted by molar-refractivity contribution is 5.63. The summed E-state index contributed by atoms with van der Waals surface area (Å²) in [6.07, 6.45) is 4.57. The van der Waals surface area contributed by atoms with Gasteiger partial charge in [0.25, 0.3) is 0 Å². The maximum atomic E-state index is 5.38. The van der Waals surface area contributed by atoms with E-state index >= 15 is 0 Å². The van der Waals surface area contributed by atoms with Crippen LogP contribution in [0.3, 0.4) is 0 Å². The molecular formula is C20H23N5O. The fourth-order valence-corrected chi connectivity index (χ4v) is 2.63. The molecule has 1 aromatic carbocycles. The number of para-hydroxylation sites is 2. The van der Waals surface area contributed by atoms with E-state index in [1.165, 1.54) is 5.56 Å². The zero-order valence-electron chi connectivity index (χ0n) is 15.3. The lowest BCUT2D eigenvalue weighted by Gasteiger charge is -2.19. The number of anilines is 3. The first-order chi connectivity index (χ1) is 12.7. The molecule has 26 heavy (non-hydrogen) atoms. The van der Waals surface area contributed by atoms with Crippen molar-refractivity contribution >= 4 is 17.5 Å². The Labute approximate surface area is 153 Å². The van der Waals surface area contributed by atoms with Crippen LogP contribution in [0.2, 0.25) is 0 Å². The van der Waals surface area contributed by atoms with Gasteiger partial charge in [-0.1, -0.05) is 12.1 Å². The van der Waals surface area contributed by atoms with Crippen LogP contribution in [0.5, 0.6) is 5.75 Å². The van der Waals surface area contributed by atoms with Crippen LogP contribution in [0.1, 0.15) is 11.3 Å². The summed E-state index contributed by atoms with van der Waals surface area (Å²) in [5.74, 6) is 2.19. The summed E-state index contributed by atoms with van der Waals surface area (Å²) >= 11 is 0. The van der Waals surface area contributed by atoms with Crippen molar-refractivity contribution in [3.05, 3.63) is 66.1 Å². The molecule has 0 fully saturated rings. The number of methoxy groups -OCH3 is 1. The summed E-state index contributed by atoms with van der Waals surface area (Å²) < 4.78 is 5.38. The summed E-state index contributed by atoms with van der Waals surface area (Å²) in [6, 6.07) is 13.8. The normalized spacial score (nSPS) is 10.4. The molecule has 0 spiro atoms. The molecule has 0 aliphatic heterocycles. The summed E-state index contributed by atoms with van der Waals surface area (Å²) in [7, 11) is 3.69. The lowest BCUT2D eigenvalue weighted by atomic mass is 10.2. The molecule has 6 nitrogen and oxygen atoms in total. The van der Waals surface area contributed by atoms with Crippen LogP contribution in [0.15, 0.2) is 54.9 Å². The molecule has 134 valence electrons. The third-order valence-electron chi connectivity index (χ3n) is 4.07. The van der Waals surface area contributed by atoms with Gasteiger partial charge in [0.15, 0.2) is 0 Å². The van der Waals surface area contributed by atoms with Gasteiger partial charge in [-0.15, -0.1) is 0 Å². The van der Waals surface area contributed by atoms with E-state index < -0.39 is 0 Å². The molecule has 0 saturated carbocycles. The van der Waals surface area contributed by atoms with E-state index in [4.69, 9.17) is 4.74 Å². The van der Waals surface area contributed by atoms with Gasteiger partial charge in [0, 0.05) is 37.7 Å². The van der Waals surface area contributed by atoms with E-state index in [2.05, 4.69) is 25.2 Å². The largest absolute Gasteiger partial charge is 0.495 e. The SMILES string of the molecule is COc1ccccc1Nc1nc(C)cc(N(C)CCc2ccncc2)n1. The van der Waals surface area contributed by atoms with Crippen molar-refractivity contribution in [1.29, 1.82) is 0 Å². The Morgan fingerprint density at radius 1 is 1.08 bits per heavy atom. The Kier molecular flexibility index (Phi) is 5.63. The standard InChI is InChI=1S/C20H23N5O/c1-15-14-19(25(2)13-10-16-8-11-21-12-9-16)24-20(22-15)23-17-6-4-5-7-18(17)26-3/h4-9,11-12,14H,10,13H2,1-3H3,(H,22,23,24). The molecule has 0 unspecified atom stereocenters. The van der Waals surface area contributed by atoms with E-state index in [1.54, 1.807) is 7.11 Å². The predicted molar refractivity (Wildman–Crippen MR) is 104 cm³/mol. The topological polar surface area (TPSA) is 63.2 Å². The minimum absolute atomic E-state index is 0.556. The van der Waals surface area contributed by atoms with Gasteiger partial charge < -0.3 is 15.0 Å². The molecule has 3 aromatic rings. The van der Waals surface area contributed by atoms with Gasteiger partial charge in [-0.3, -0.25) is 4.98 Å². The molecule has 3 rings (SSSR count). The van der Waals surface area contributed by atoms with Crippen molar-refractivity contribution in [2.24, 2.45) is 0 Å². The van der Waals surface area contributed by atoms with Crippen molar-refractivity contribution in [2.45, 2.75) is 13.3 Å². The Morgan fingerprint density at radius 2 is 1.85 bits per heavy atom. The minimum Gasteiger partial charge on any atom is -0.495 e. The fraction of sp³-hybridized carbons (Fsp3) is 0.250. The summed E-state index contributed by atoms with van der Waals surface area (Å²) in [6.45, 7) is 2.82. The van der Waals surface area contributed by atoms with E-state index in [9.17, 15) is 0 Å². The Bertz CT molecular complexity index is 854. The monoisotopic (exact) mass is 349 g/mol. The molecule has 1 N–H and O–H groups in total. The fourth-order valence-electron chi connectivity index (χ4n) is 2.63. The predicted octanol–water partition coefficient (Wildman–Crippen LogP) is 3.61. The minimum atomic E-state index is 0.556. The lowest BCUT2D eigenvalue weighted by Crippen LogP contribution is -2.22. The molecule has 0 aliphatic carbocycles. The van der Waals surface area contributed by atoms with E-state index in [0.717, 1.165) is 35.9 Å². The van der Waals surface area contributed by atoms with Gasteiger partial charge in [-0.25, -0.2) is 4.98 Å². The van der Waals surface area contributed by atoms with E-state index in [-0.39, 0.29) is 0 Å². The van der Waals surface area contributed by atoms with Crippen molar-refractivity contribution in [1.82, 2.24) is 15.0 Å². The van der Waals surface area contributed by atoms with Crippen LogP contribution < -0.4 is 15.0 Å². The number of aromatic nitrogens is 3. The van der Waals surface area contributed by atoms with Gasteiger partial charge in [-0.05, 0) is 43.2 Å². The van der Waals surface area contributed by atoms with Gasteiger partial charge in [-0.2, -0.15) is 4.98 Å². The van der Waals surface area contributed by atoms with E-state index in [1.807, 2.05) is 68.8 Å². The van der Waals surface area contributed by atoms with E-state index in [0.29, 0.717) is 5.95 Å². The average molecular weight is 349 g/mol. The number of aryl methyl sites for hydroxylation is 1. The zero-order valence-corrected chi connectivity index (χ0v) is 15.3. The third kappa shape index (κ3) is 4.47. The number of ether oxygens (including phenoxy) is 1. The molecular weight excluding hydrogens is 326 g/mol. The summed E-state index contributed by atoms with van der Waals surface area (Å²) in [4.78, 5) is 15.3. The molecule has 2 heterocycles. The molecule has 6 heteroatoms. The smallest absolute Gasteiger partial charge is 0.229 e. The van der Waals surface area contributed by atoms with Crippen LogP contribution in [-0.4, -0.2) is 35.7 Å². The molecule has 0 radical (unpaired) electrons. The van der Waals surface area contributed by atoms with Gasteiger partial charge in [0.1, 0.15) is 11.6 Å². The van der Waals surface area contributed by atoms with Crippen LogP contribution in [0.25, 0.3) is 0 Å².